The molecule has 2 rings (SSSR count). The van der Waals surface area contributed by atoms with Crippen LogP contribution >= 0.6 is 11.8 Å². The van der Waals surface area contributed by atoms with Crippen molar-refractivity contribution in [3.05, 3.63) is 48.4 Å². The number of hydrogen-bond donors (Lipinski definition) is 1. The molecule has 0 aliphatic heterocycles. The average Bonchev–Trinajstić information content (AvgIpc) is 2.31. The molecule has 1 unspecified atom stereocenters. The first kappa shape index (κ1) is 11.1. The first-order valence-electron chi connectivity index (χ1n) is 4.99. The van der Waals surface area contributed by atoms with E-state index in [0.29, 0.717) is 5.69 Å². The molecule has 2 aromatic rings. The predicted molar refractivity (Wildman–Crippen MR) is 63.2 cm³/mol. The van der Waals surface area contributed by atoms with E-state index in [9.17, 15) is 5.11 Å². The van der Waals surface area contributed by atoms with Gasteiger partial charge in [-0.05, 0) is 19.1 Å². The number of nitrogens with zero attached hydrogens (tertiary/aromatic N) is 2. The van der Waals surface area contributed by atoms with Crippen molar-refractivity contribution in [1.82, 2.24) is 9.97 Å². The van der Waals surface area contributed by atoms with E-state index in [0.717, 1.165) is 9.92 Å². The minimum Gasteiger partial charge on any atom is -0.387 e. The first-order valence-corrected chi connectivity index (χ1v) is 5.81. The predicted octanol–water partition coefficient (Wildman–Crippen LogP) is 2.68. The molecule has 0 amide bonds. The normalized spacial score (nSPS) is 12.4. The van der Waals surface area contributed by atoms with Crippen LogP contribution in [0, 0.1) is 0 Å². The molecule has 0 bridgehead atoms. The van der Waals surface area contributed by atoms with E-state index >= 15 is 0 Å². The maximum Gasteiger partial charge on any atom is 0.125 e. The standard InChI is InChI=1S/C12H12N2OS/c1-9(15)11-12(14-8-7-13-11)16-10-5-3-2-4-6-10/h2-9,15H,1H3. The summed E-state index contributed by atoms with van der Waals surface area (Å²) in [4.78, 5) is 9.46. The van der Waals surface area contributed by atoms with Gasteiger partial charge >= 0.3 is 0 Å². The Morgan fingerprint density at radius 3 is 2.50 bits per heavy atom. The lowest BCUT2D eigenvalue weighted by molar-refractivity contribution is 0.190. The highest BCUT2D eigenvalue weighted by Gasteiger charge is 2.11. The molecule has 1 aromatic carbocycles. The molecule has 0 aliphatic rings. The molecule has 1 aromatic heterocycles. The van der Waals surface area contributed by atoms with Crippen LogP contribution in [-0.2, 0) is 0 Å². The van der Waals surface area contributed by atoms with E-state index < -0.39 is 6.10 Å². The van der Waals surface area contributed by atoms with Crippen LogP contribution in [0.3, 0.4) is 0 Å². The molecular formula is C12H12N2OS. The van der Waals surface area contributed by atoms with Crippen LogP contribution in [-0.4, -0.2) is 15.1 Å². The fourth-order valence-electron chi connectivity index (χ4n) is 1.30. The highest BCUT2D eigenvalue weighted by molar-refractivity contribution is 7.99. The van der Waals surface area contributed by atoms with Crippen molar-refractivity contribution < 1.29 is 5.11 Å². The van der Waals surface area contributed by atoms with E-state index in [1.807, 2.05) is 30.3 Å². The molecule has 16 heavy (non-hydrogen) atoms. The molecule has 82 valence electrons. The van der Waals surface area contributed by atoms with Crippen molar-refractivity contribution in [3.8, 4) is 0 Å². The first-order chi connectivity index (χ1) is 7.77. The molecule has 1 N–H and O–H groups in total. The van der Waals surface area contributed by atoms with Crippen LogP contribution in [0.5, 0.6) is 0 Å². The van der Waals surface area contributed by atoms with Gasteiger partial charge < -0.3 is 5.11 Å². The van der Waals surface area contributed by atoms with Crippen LogP contribution in [0.2, 0.25) is 0 Å². The third kappa shape index (κ3) is 2.59. The summed E-state index contributed by atoms with van der Waals surface area (Å²) in [6, 6.07) is 9.92. The Labute approximate surface area is 98.6 Å². The highest BCUT2D eigenvalue weighted by Crippen LogP contribution is 2.29. The van der Waals surface area contributed by atoms with Gasteiger partial charge in [0.1, 0.15) is 10.7 Å². The quantitative estimate of drug-likeness (QED) is 0.883. The lowest BCUT2D eigenvalue weighted by Crippen LogP contribution is -1.99. The highest BCUT2D eigenvalue weighted by atomic mass is 32.2. The summed E-state index contributed by atoms with van der Waals surface area (Å²) in [6.45, 7) is 1.69. The van der Waals surface area contributed by atoms with Gasteiger partial charge in [0, 0.05) is 17.3 Å². The van der Waals surface area contributed by atoms with Gasteiger partial charge in [0.25, 0.3) is 0 Å². The largest absolute Gasteiger partial charge is 0.387 e. The van der Waals surface area contributed by atoms with Crippen LogP contribution in [0.1, 0.15) is 18.7 Å². The smallest absolute Gasteiger partial charge is 0.125 e. The van der Waals surface area contributed by atoms with Gasteiger partial charge in [-0.25, -0.2) is 4.98 Å². The Morgan fingerprint density at radius 1 is 1.12 bits per heavy atom. The fourth-order valence-corrected chi connectivity index (χ4v) is 2.26. The summed E-state index contributed by atoms with van der Waals surface area (Å²) in [7, 11) is 0. The summed E-state index contributed by atoms with van der Waals surface area (Å²) >= 11 is 1.51. The summed E-state index contributed by atoms with van der Waals surface area (Å²) in [5, 5.41) is 10.3. The molecule has 1 heterocycles. The van der Waals surface area contributed by atoms with E-state index in [4.69, 9.17) is 0 Å². The molecule has 3 nitrogen and oxygen atoms in total. The van der Waals surface area contributed by atoms with Crippen molar-refractivity contribution in [2.45, 2.75) is 22.9 Å². The fraction of sp³-hybridized carbons (Fsp3) is 0.167. The second-order valence-corrected chi connectivity index (χ2v) is 4.40. The lowest BCUT2D eigenvalue weighted by atomic mass is 10.3. The summed E-state index contributed by atoms with van der Waals surface area (Å²) in [5.74, 6) is 0. The molecule has 0 saturated heterocycles. The molecule has 0 fully saturated rings. The van der Waals surface area contributed by atoms with Crippen molar-refractivity contribution in [2.24, 2.45) is 0 Å². The number of aromatic nitrogens is 2. The van der Waals surface area contributed by atoms with Crippen molar-refractivity contribution in [3.63, 3.8) is 0 Å². The zero-order valence-corrected chi connectivity index (χ0v) is 9.69. The molecule has 0 spiro atoms. The minimum atomic E-state index is -0.597. The Balaban J connectivity index is 2.28. The average molecular weight is 232 g/mol. The van der Waals surface area contributed by atoms with E-state index in [2.05, 4.69) is 9.97 Å². The van der Waals surface area contributed by atoms with Gasteiger partial charge in [0.2, 0.25) is 0 Å². The molecule has 1 atom stereocenters. The Bertz CT molecular complexity index is 460. The molecule has 0 radical (unpaired) electrons. The Kier molecular flexibility index (Phi) is 3.54. The molecule has 0 saturated carbocycles. The zero-order valence-electron chi connectivity index (χ0n) is 8.87. The van der Waals surface area contributed by atoms with Crippen LogP contribution in [0.4, 0.5) is 0 Å². The van der Waals surface area contributed by atoms with Crippen molar-refractivity contribution >= 4 is 11.8 Å². The maximum absolute atomic E-state index is 9.57. The number of benzene rings is 1. The summed E-state index contributed by atoms with van der Waals surface area (Å²) < 4.78 is 0. The van der Waals surface area contributed by atoms with E-state index in [1.54, 1.807) is 19.3 Å². The Hall–Kier alpha value is -1.39. The number of hydrogen-bond acceptors (Lipinski definition) is 4. The zero-order chi connectivity index (χ0) is 11.4. The van der Waals surface area contributed by atoms with Crippen LogP contribution < -0.4 is 0 Å². The molecule has 4 heteroatoms. The SMILES string of the molecule is CC(O)c1nccnc1Sc1ccccc1. The summed E-state index contributed by atoms with van der Waals surface area (Å²) in [5.41, 5.74) is 0.622. The van der Waals surface area contributed by atoms with Gasteiger partial charge in [-0.3, -0.25) is 4.98 Å². The lowest BCUT2D eigenvalue weighted by Gasteiger charge is -2.08. The number of aliphatic hydroxyl groups is 1. The van der Waals surface area contributed by atoms with Gasteiger partial charge in [0.15, 0.2) is 0 Å². The third-order valence-electron chi connectivity index (χ3n) is 2.04. The minimum absolute atomic E-state index is 0.597. The number of aliphatic hydroxyl groups excluding tert-OH is 1. The maximum atomic E-state index is 9.57. The monoisotopic (exact) mass is 232 g/mol. The van der Waals surface area contributed by atoms with Gasteiger partial charge in [0.05, 0.1) is 6.10 Å². The van der Waals surface area contributed by atoms with Gasteiger partial charge in [-0.2, -0.15) is 0 Å². The van der Waals surface area contributed by atoms with E-state index in [1.165, 1.54) is 11.8 Å². The topological polar surface area (TPSA) is 46.0 Å². The second kappa shape index (κ2) is 5.09. The third-order valence-corrected chi connectivity index (χ3v) is 3.06. The van der Waals surface area contributed by atoms with Crippen molar-refractivity contribution in [2.75, 3.05) is 0 Å². The summed E-state index contributed by atoms with van der Waals surface area (Å²) in [6.07, 6.45) is 2.63. The van der Waals surface area contributed by atoms with Gasteiger partial charge in [-0.15, -0.1) is 0 Å². The van der Waals surface area contributed by atoms with Gasteiger partial charge in [-0.1, -0.05) is 30.0 Å². The van der Waals surface area contributed by atoms with E-state index in [-0.39, 0.29) is 0 Å². The second-order valence-electron chi connectivity index (χ2n) is 3.34. The molecular weight excluding hydrogens is 220 g/mol. The van der Waals surface area contributed by atoms with Crippen LogP contribution in [0.15, 0.2) is 52.6 Å². The van der Waals surface area contributed by atoms with Crippen LogP contribution in [0.25, 0.3) is 0 Å². The number of rotatable bonds is 3. The van der Waals surface area contributed by atoms with Crippen molar-refractivity contribution in [1.29, 1.82) is 0 Å². The Morgan fingerprint density at radius 2 is 1.81 bits per heavy atom. The molecule has 0 aliphatic carbocycles.